The number of amides is 2. The Balaban J connectivity index is 1.30. The van der Waals surface area contributed by atoms with Crippen molar-refractivity contribution in [2.24, 2.45) is 11.1 Å². The highest BCUT2D eigenvalue weighted by Crippen LogP contribution is 2.45. The maximum absolute atomic E-state index is 14.8. The number of rotatable bonds is 4. The molecule has 180 valence electrons. The first-order valence-corrected chi connectivity index (χ1v) is 12.3. The summed E-state index contributed by atoms with van der Waals surface area (Å²) in [5.74, 6) is -0.526. The van der Waals surface area contributed by atoms with Crippen LogP contribution in [0.4, 0.5) is 10.1 Å². The van der Waals surface area contributed by atoms with Crippen LogP contribution in [0.15, 0.2) is 42.5 Å². The van der Waals surface area contributed by atoms with Crippen LogP contribution in [0.3, 0.4) is 0 Å². The van der Waals surface area contributed by atoms with Gasteiger partial charge in [0, 0.05) is 31.2 Å². The molecule has 1 spiro atoms. The topological polar surface area (TPSA) is 86.9 Å². The van der Waals surface area contributed by atoms with Gasteiger partial charge in [-0.2, -0.15) is 0 Å². The molecule has 2 saturated heterocycles. The van der Waals surface area contributed by atoms with Crippen LogP contribution in [-0.2, 0) is 4.79 Å². The molecule has 5 rings (SSSR count). The summed E-state index contributed by atoms with van der Waals surface area (Å²) in [5.41, 5.74) is 7.65. The molecule has 0 atom stereocenters. The Labute approximate surface area is 199 Å². The molecule has 0 bridgehead atoms. The number of carbonyl (C=O) groups excluding carboxylic acids is 2. The first-order chi connectivity index (χ1) is 16.4. The second kappa shape index (κ2) is 9.02. The van der Waals surface area contributed by atoms with Crippen LogP contribution in [0.1, 0.15) is 55.3 Å². The number of hydrogen-bond donors (Lipinski definition) is 2. The molecular formula is C27H32FN3O3. The van der Waals surface area contributed by atoms with Gasteiger partial charge in [-0.25, -0.2) is 4.39 Å². The summed E-state index contributed by atoms with van der Waals surface area (Å²) in [5, 5.41) is 9.81. The highest BCUT2D eigenvalue weighted by atomic mass is 19.1. The van der Waals surface area contributed by atoms with E-state index in [1.807, 2.05) is 17.0 Å². The molecule has 1 aliphatic carbocycles. The van der Waals surface area contributed by atoms with Gasteiger partial charge in [0.2, 0.25) is 11.8 Å². The van der Waals surface area contributed by atoms with Crippen molar-refractivity contribution in [2.75, 3.05) is 24.5 Å². The second-order valence-corrected chi connectivity index (χ2v) is 10.1. The molecule has 3 aliphatic rings. The lowest BCUT2D eigenvalue weighted by Crippen LogP contribution is -2.47. The third-order valence-corrected chi connectivity index (χ3v) is 8.14. The van der Waals surface area contributed by atoms with E-state index in [9.17, 15) is 19.1 Å². The third kappa shape index (κ3) is 4.17. The van der Waals surface area contributed by atoms with E-state index in [4.69, 9.17) is 5.73 Å². The van der Waals surface area contributed by atoms with Gasteiger partial charge in [0.05, 0.1) is 17.2 Å². The Kier molecular flexibility index (Phi) is 6.06. The van der Waals surface area contributed by atoms with Crippen LogP contribution >= 0.6 is 0 Å². The summed E-state index contributed by atoms with van der Waals surface area (Å²) >= 11 is 0. The molecule has 34 heavy (non-hydrogen) atoms. The lowest BCUT2D eigenvalue weighted by atomic mass is 9.76. The van der Waals surface area contributed by atoms with E-state index in [-0.39, 0.29) is 29.3 Å². The van der Waals surface area contributed by atoms with Gasteiger partial charge in [0.15, 0.2) is 0 Å². The van der Waals surface area contributed by atoms with Crippen molar-refractivity contribution < 1.29 is 19.1 Å². The van der Waals surface area contributed by atoms with Crippen LogP contribution in [0.2, 0.25) is 0 Å². The van der Waals surface area contributed by atoms with E-state index in [2.05, 4.69) is 4.90 Å². The minimum Gasteiger partial charge on any atom is -0.393 e. The molecule has 0 radical (unpaired) electrons. The lowest BCUT2D eigenvalue weighted by Gasteiger charge is -2.40. The van der Waals surface area contributed by atoms with Crippen molar-refractivity contribution >= 4 is 17.5 Å². The average molecular weight is 466 g/mol. The van der Waals surface area contributed by atoms with Crippen LogP contribution in [0, 0.1) is 11.2 Å². The highest BCUT2D eigenvalue weighted by molar-refractivity contribution is 5.94. The van der Waals surface area contributed by atoms with Gasteiger partial charge in [-0.1, -0.05) is 18.2 Å². The molecule has 6 nitrogen and oxygen atoms in total. The van der Waals surface area contributed by atoms with Crippen LogP contribution in [0.25, 0.3) is 11.1 Å². The zero-order chi connectivity index (χ0) is 23.9. The molecule has 2 heterocycles. The average Bonchev–Trinajstić information content (AvgIpc) is 3.16. The number of aliphatic hydroxyl groups excluding tert-OH is 1. The smallest absolute Gasteiger partial charge is 0.248 e. The summed E-state index contributed by atoms with van der Waals surface area (Å²) < 4.78 is 14.8. The molecule has 0 unspecified atom stereocenters. The Morgan fingerprint density at radius 2 is 1.65 bits per heavy atom. The summed E-state index contributed by atoms with van der Waals surface area (Å²) in [4.78, 5) is 29.1. The van der Waals surface area contributed by atoms with E-state index in [0.717, 1.165) is 62.6 Å². The fourth-order valence-corrected chi connectivity index (χ4v) is 5.99. The highest BCUT2D eigenvalue weighted by Gasteiger charge is 2.50. The second-order valence-electron chi connectivity index (χ2n) is 10.1. The Bertz CT molecular complexity index is 1090. The summed E-state index contributed by atoms with van der Waals surface area (Å²) in [7, 11) is 0. The summed E-state index contributed by atoms with van der Waals surface area (Å²) in [6, 6.07) is 12.3. The van der Waals surface area contributed by atoms with E-state index in [0.29, 0.717) is 24.3 Å². The summed E-state index contributed by atoms with van der Waals surface area (Å²) in [6.07, 6.45) is 5.38. The van der Waals surface area contributed by atoms with Crippen molar-refractivity contribution in [1.29, 1.82) is 0 Å². The van der Waals surface area contributed by atoms with Gasteiger partial charge in [-0.15, -0.1) is 0 Å². The molecule has 2 aromatic rings. The molecule has 1 saturated carbocycles. The van der Waals surface area contributed by atoms with Gasteiger partial charge < -0.3 is 20.6 Å². The minimum atomic E-state index is -0.495. The lowest BCUT2D eigenvalue weighted by molar-refractivity contribution is -0.139. The number of anilines is 1. The quantitative estimate of drug-likeness (QED) is 0.721. The fourth-order valence-electron chi connectivity index (χ4n) is 5.99. The number of aliphatic hydroxyl groups is 1. The first-order valence-electron chi connectivity index (χ1n) is 12.3. The molecule has 2 aliphatic heterocycles. The zero-order valence-corrected chi connectivity index (χ0v) is 19.4. The van der Waals surface area contributed by atoms with Crippen molar-refractivity contribution in [3.8, 4) is 11.1 Å². The number of halogens is 1. The number of hydrogen-bond acceptors (Lipinski definition) is 4. The van der Waals surface area contributed by atoms with Crippen LogP contribution in [-0.4, -0.2) is 53.6 Å². The van der Waals surface area contributed by atoms with Crippen molar-refractivity contribution in [3.63, 3.8) is 0 Å². The van der Waals surface area contributed by atoms with E-state index in [1.54, 1.807) is 24.3 Å². The predicted molar refractivity (Wildman–Crippen MR) is 129 cm³/mol. The number of primary amides is 1. The Morgan fingerprint density at radius 1 is 0.971 bits per heavy atom. The molecule has 7 heteroatoms. The van der Waals surface area contributed by atoms with Crippen molar-refractivity contribution in [1.82, 2.24) is 4.90 Å². The maximum atomic E-state index is 14.8. The number of carbonyl (C=O) groups is 2. The SMILES string of the molecule is NC(=O)c1cccc(-c2ccc(F)c(N3CCC4(CC3)CCN(C3CCC(O)CC3)C4=O)c2)c1. The van der Waals surface area contributed by atoms with Gasteiger partial charge in [-0.05, 0) is 80.3 Å². The Morgan fingerprint density at radius 3 is 2.35 bits per heavy atom. The van der Waals surface area contributed by atoms with Crippen molar-refractivity contribution in [2.45, 2.75) is 57.1 Å². The molecule has 3 fully saturated rings. The van der Waals surface area contributed by atoms with Gasteiger partial charge in [-0.3, -0.25) is 9.59 Å². The number of nitrogens with zero attached hydrogens (tertiary/aromatic N) is 2. The monoisotopic (exact) mass is 465 g/mol. The van der Waals surface area contributed by atoms with E-state index < -0.39 is 5.91 Å². The van der Waals surface area contributed by atoms with Crippen molar-refractivity contribution in [3.05, 3.63) is 53.8 Å². The van der Waals surface area contributed by atoms with Gasteiger partial charge in [0.25, 0.3) is 0 Å². The number of benzene rings is 2. The Hall–Kier alpha value is -2.93. The van der Waals surface area contributed by atoms with Gasteiger partial charge >= 0.3 is 0 Å². The number of nitrogens with two attached hydrogens (primary N) is 1. The fraction of sp³-hybridized carbons (Fsp3) is 0.481. The molecule has 0 aromatic heterocycles. The number of piperidine rings is 1. The minimum absolute atomic E-state index is 0.227. The molecule has 2 amide bonds. The first kappa shape index (κ1) is 22.8. The summed E-state index contributed by atoms with van der Waals surface area (Å²) in [6.45, 7) is 2.05. The number of likely N-dealkylation sites (tertiary alicyclic amines) is 1. The third-order valence-electron chi connectivity index (χ3n) is 8.14. The normalized spacial score (nSPS) is 24.6. The van der Waals surface area contributed by atoms with Gasteiger partial charge in [0.1, 0.15) is 5.82 Å². The van der Waals surface area contributed by atoms with E-state index >= 15 is 0 Å². The predicted octanol–water partition coefficient (Wildman–Crippen LogP) is 3.71. The van der Waals surface area contributed by atoms with Crippen LogP contribution < -0.4 is 10.6 Å². The largest absolute Gasteiger partial charge is 0.393 e. The molecular weight excluding hydrogens is 433 g/mol. The zero-order valence-electron chi connectivity index (χ0n) is 19.4. The maximum Gasteiger partial charge on any atom is 0.248 e. The van der Waals surface area contributed by atoms with E-state index in [1.165, 1.54) is 6.07 Å². The standard InChI is InChI=1S/C27H32FN3O3/c28-23-9-4-19(18-2-1-3-20(16-18)25(29)33)17-24(23)30-13-10-27(11-14-30)12-15-31(26(27)34)21-5-7-22(32)8-6-21/h1-4,9,16-17,21-22,32H,5-8,10-15H2,(H2,29,33). The molecule has 3 N–H and O–H groups in total. The van der Waals surface area contributed by atoms with Crippen LogP contribution in [0.5, 0.6) is 0 Å². The molecule has 2 aromatic carbocycles.